The molecule has 4 heteroatoms. The van der Waals surface area contributed by atoms with Gasteiger partial charge in [-0.2, -0.15) is 0 Å². The molecule has 0 aromatic carbocycles. The Bertz CT molecular complexity index is 469. The third-order valence-corrected chi connectivity index (χ3v) is 3.56. The highest BCUT2D eigenvalue weighted by molar-refractivity contribution is 9.10. The molecule has 0 radical (unpaired) electrons. The van der Waals surface area contributed by atoms with E-state index in [-0.39, 0.29) is 0 Å². The van der Waals surface area contributed by atoms with Crippen LogP contribution in [-0.2, 0) is 0 Å². The van der Waals surface area contributed by atoms with Crippen molar-refractivity contribution in [2.45, 2.75) is 13.0 Å². The SMILES string of the molecule is Cc1ccc(C(O)c2cncc(Br)c2)s1. The lowest BCUT2D eigenvalue weighted by Crippen LogP contribution is -1.97. The van der Waals surface area contributed by atoms with Gasteiger partial charge in [-0.3, -0.25) is 4.98 Å². The van der Waals surface area contributed by atoms with Crippen molar-refractivity contribution in [3.8, 4) is 0 Å². The molecule has 0 saturated heterocycles. The van der Waals surface area contributed by atoms with E-state index < -0.39 is 6.10 Å². The van der Waals surface area contributed by atoms with Crippen molar-refractivity contribution in [2.24, 2.45) is 0 Å². The van der Waals surface area contributed by atoms with Crippen LogP contribution < -0.4 is 0 Å². The first kappa shape index (κ1) is 10.8. The van der Waals surface area contributed by atoms with Crippen LogP contribution in [0.4, 0.5) is 0 Å². The molecular weight excluding hydrogens is 274 g/mol. The summed E-state index contributed by atoms with van der Waals surface area (Å²) < 4.78 is 0.882. The van der Waals surface area contributed by atoms with Gasteiger partial charge in [-0.25, -0.2) is 0 Å². The third-order valence-electron chi connectivity index (χ3n) is 2.07. The number of aromatic nitrogens is 1. The highest BCUT2D eigenvalue weighted by Gasteiger charge is 2.12. The summed E-state index contributed by atoms with van der Waals surface area (Å²) in [5.74, 6) is 0. The Morgan fingerprint density at radius 2 is 2.20 bits per heavy atom. The lowest BCUT2D eigenvalue weighted by molar-refractivity contribution is 0.223. The van der Waals surface area contributed by atoms with Crippen LogP contribution in [0.2, 0.25) is 0 Å². The summed E-state index contributed by atoms with van der Waals surface area (Å²) in [6.45, 7) is 2.03. The van der Waals surface area contributed by atoms with Gasteiger partial charge >= 0.3 is 0 Å². The lowest BCUT2D eigenvalue weighted by Gasteiger charge is -2.08. The number of rotatable bonds is 2. The molecule has 0 fully saturated rings. The van der Waals surface area contributed by atoms with Gasteiger partial charge in [0.05, 0.1) is 0 Å². The summed E-state index contributed by atoms with van der Waals surface area (Å²) in [6.07, 6.45) is 2.81. The molecule has 1 unspecified atom stereocenters. The summed E-state index contributed by atoms with van der Waals surface area (Å²) in [5, 5.41) is 10.1. The number of hydrogen-bond donors (Lipinski definition) is 1. The maximum atomic E-state index is 10.1. The highest BCUT2D eigenvalue weighted by atomic mass is 79.9. The van der Waals surface area contributed by atoms with Crippen molar-refractivity contribution >= 4 is 27.3 Å². The number of halogens is 1. The van der Waals surface area contributed by atoms with E-state index in [0.29, 0.717) is 0 Å². The second-order valence-corrected chi connectivity index (χ2v) is 5.52. The fraction of sp³-hybridized carbons (Fsp3) is 0.182. The molecule has 0 amide bonds. The monoisotopic (exact) mass is 283 g/mol. The predicted molar refractivity (Wildman–Crippen MR) is 65.1 cm³/mol. The second kappa shape index (κ2) is 4.43. The fourth-order valence-electron chi connectivity index (χ4n) is 1.34. The molecule has 0 bridgehead atoms. The topological polar surface area (TPSA) is 33.1 Å². The van der Waals surface area contributed by atoms with Crippen LogP contribution in [0.15, 0.2) is 35.1 Å². The molecule has 2 aromatic heterocycles. The van der Waals surface area contributed by atoms with Crippen LogP contribution in [0.5, 0.6) is 0 Å². The zero-order valence-electron chi connectivity index (χ0n) is 8.14. The molecule has 0 aliphatic heterocycles. The van der Waals surface area contributed by atoms with Gasteiger partial charge in [-0.05, 0) is 41.1 Å². The van der Waals surface area contributed by atoms with Gasteiger partial charge < -0.3 is 5.11 Å². The van der Waals surface area contributed by atoms with E-state index in [9.17, 15) is 5.11 Å². The van der Waals surface area contributed by atoms with E-state index in [1.165, 1.54) is 4.88 Å². The van der Waals surface area contributed by atoms with Crippen LogP contribution in [0.25, 0.3) is 0 Å². The van der Waals surface area contributed by atoms with E-state index in [1.54, 1.807) is 23.7 Å². The number of pyridine rings is 1. The number of aliphatic hydroxyl groups excluding tert-OH is 1. The molecule has 0 saturated carbocycles. The van der Waals surface area contributed by atoms with Crippen molar-refractivity contribution in [3.63, 3.8) is 0 Å². The van der Waals surface area contributed by atoms with Crippen LogP contribution in [-0.4, -0.2) is 10.1 Å². The summed E-state index contributed by atoms with van der Waals surface area (Å²) in [7, 11) is 0. The first-order valence-corrected chi connectivity index (χ1v) is 6.12. The summed E-state index contributed by atoms with van der Waals surface area (Å²) >= 11 is 4.94. The molecule has 1 atom stereocenters. The standard InChI is InChI=1S/C11H10BrNOS/c1-7-2-3-10(15-7)11(14)8-4-9(12)6-13-5-8/h2-6,11,14H,1H3. The maximum absolute atomic E-state index is 10.1. The summed E-state index contributed by atoms with van der Waals surface area (Å²) in [6, 6.07) is 5.84. The molecule has 2 nitrogen and oxygen atoms in total. The van der Waals surface area contributed by atoms with Crippen LogP contribution >= 0.6 is 27.3 Å². The zero-order chi connectivity index (χ0) is 10.8. The average Bonchev–Trinajstić information content (AvgIpc) is 2.64. The highest BCUT2D eigenvalue weighted by Crippen LogP contribution is 2.28. The number of thiophene rings is 1. The lowest BCUT2D eigenvalue weighted by atomic mass is 10.1. The smallest absolute Gasteiger partial charge is 0.115 e. The number of aliphatic hydroxyl groups is 1. The first-order chi connectivity index (χ1) is 7.16. The van der Waals surface area contributed by atoms with E-state index in [4.69, 9.17) is 0 Å². The van der Waals surface area contributed by atoms with Crippen molar-refractivity contribution < 1.29 is 5.11 Å². The normalized spacial score (nSPS) is 12.7. The van der Waals surface area contributed by atoms with Crippen molar-refractivity contribution in [1.29, 1.82) is 0 Å². The fourth-order valence-corrected chi connectivity index (χ4v) is 2.62. The number of nitrogens with zero attached hydrogens (tertiary/aromatic N) is 1. The van der Waals surface area contributed by atoms with E-state index >= 15 is 0 Å². The van der Waals surface area contributed by atoms with Gasteiger partial charge in [0, 0.05) is 32.2 Å². The Hall–Kier alpha value is -0.710. The molecule has 0 aliphatic rings. The third kappa shape index (κ3) is 2.45. The summed E-state index contributed by atoms with van der Waals surface area (Å²) in [5.41, 5.74) is 0.811. The minimum atomic E-state index is -0.575. The van der Waals surface area contributed by atoms with E-state index in [2.05, 4.69) is 20.9 Å². The molecular formula is C11H10BrNOS. The molecule has 15 heavy (non-hydrogen) atoms. The van der Waals surface area contributed by atoms with E-state index in [0.717, 1.165) is 14.9 Å². The van der Waals surface area contributed by atoms with Crippen molar-refractivity contribution in [1.82, 2.24) is 4.98 Å². The van der Waals surface area contributed by atoms with Crippen LogP contribution in [0.3, 0.4) is 0 Å². The van der Waals surface area contributed by atoms with Crippen molar-refractivity contribution in [3.05, 3.63) is 50.4 Å². The molecule has 0 spiro atoms. The first-order valence-electron chi connectivity index (χ1n) is 4.51. The largest absolute Gasteiger partial charge is 0.383 e. The molecule has 2 rings (SSSR count). The molecule has 1 N–H and O–H groups in total. The summed E-state index contributed by atoms with van der Waals surface area (Å²) in [4.78, 5) is 6.19. The molecule has 0 aliphatic carbocycles. The molecule has 2 aromatic rings. The Morgan fingerprint density at radius 1 is 1.40 bits per heavy atom. The minimum Gasteiger partial charge on any atom is -0.383 e. The molecule has 78 valence electrons. The number of hydrogen-bond acceptors (Lipinski definition) is 3. The van der Waals surface area contributed by atoms with Gasteiger partial charge in [0.2, 0.25) is 0 Å². The van der Waals surface area contributed by atoms with Crippen molar-refractivity contribution in [2.75, 3.05) is 0 Å². The van der Waals surface area contributed by atoms with Gasteiger partial charge in [0.1, 0.15) is 6.10 Å². The van der Waals surface area contributed by atoms with Gasteiger partial charge in [-0.1, -0.05) is 0 Å². The van der Waals surface area contributed by atoms with Crippen LogP contribution in [0, 0.1) is 6.92 Å². The minimum absolute atomic E-state index is 0.575. The van der Waals surface area contributed by atoms with Gasteiger partial charge in [0.15, 0.2) is 0 Å². The number of aryl methyl sites for hydroxylation is 1. The second-order valence-electron chi connectivity index (χ2n) is 3.29. The Morgan fingerprint density at radius 3 is 2.80 bits per heavy atom. The zero-order valence-corrected chi connectivity index (χ0v) is 10.5. The maximum Gasteiger partial charge on any atom is 0.115 e. The molecule has 2 heterocycles. The van der Waals surface area contributed by atoms with Gasteiger partial charge in [-0.15, -0.1) is 11.3 Å². The van der Waals surface area contributed by atoms with Gasteiger partial charge in [0.25, 0.3) is 0 Å². The average molecular weight is 284 g/mol. The van der Waals surface area contributed by atoms with E-state index in [1.807, 2.05) is 25.1 Å². The quantitative estimate of drug-likeness (QED) is 0.918. The van der Waals surface area contributed by atoms with Crippen LogP contribution in [0.1, 0.15) is 21.4 Å². The predicted octanol–water partition coefficient (Wildman–Crippen LogP) is 3.30. The Labute approximate surface area is 101 Å². The Kier molecular flexibility index (Phi) is 3.19. The Balaban J connectivity index is 2.32.